The van der Waals surface area contributed by atoms with Gasteiger partial charge in [-0.15, -0.1) is 24.8 Å². The number of halogens is 4. The Kier molecular flexibility index (Phi) is 3.66. The number of aromatic carboxylic acids is 1. The molecule has 2 N–H and O–H groups in total. The number of carbonyl (C=O) groups is 1. The number of nitrogens with one attached hydrogen (secondary N) is 1. The van der Waals surface area contributed by atoms with Crippen molar-refractivity contribution in [2.45, 2.75) is 12.2 Å². The zero-order valence-corrected chi connectivity index (χ0v) is 8.72. The fourth-order valence-corrected chi connectivity index (χ4v) is 1.26. The van der Waals surface area contributed by atoms with Gasteiger partial charge in [-0.2, -0.15) is 0 Å². The highest BCUT2D eigenvalue weighted by Gasteiger charge is 2.32. The van der Waals surface area contributed by atoms with Gasteiger partial charge in [0.25, 0.3) is 5.56 Å². The van der Waals surface area contributed by atoms with Gasteiger partial charge in [-0.25, -0.2) is 4.79 Å². The highest BCUT2D eigenvalue weighted by atomic mass is 35.5. The van der Waals surface area contributed by atoms with Crippen molar-refractivity contribution in [3.63, 3.8) is 0 Å². The number of pyridine rings is 1. The largest absolute Gasteiger partial charge is 0.573 e. The van der Waals surface area contributed by atoms with E-state index in [9.17, 15) is 22.8 Å². The van der Waals surface area contributed by atoms with E-state index < -0.39 is 29.3 Å². The average molecular weight is 272 g/mol. The lowest BCUT2D eigenvalue weighted by atomic mass is 10.2. The molecular weight excluding hydrogens is 267 g/mol. The molecule has 1 aromatic rings. The average Bonchev–Trinajstić information content (AvgIpc) is 2.18. The summed E-state index contributed by atoms with van der Waals surface area (Å²) in [6.45, 7) is 0. The van der Waals surface area contributed by atoms with Crippen LogP contribution in [0.5, 0.6) is 5.75 Å². The molecule has 0 amide bonds. The van der Waals surface area contributed by atoms with Gasteiger partial charge in [-0.05, 0) is 6.07 Å². The minimum Gasteiger partial charge on any atom is -0.477 e. The van der Waals surface area contributed by atoms with Crippen molar-refractivity contribution in [2.24, 2.45) is 0 Å². The van der Waals surface area contributed by atoms with E-state index in [1.54, 1.807) is 4.98 Å². The van der Waals surface area contributed by atoms with Gasteiger partial charge in [-0.1, -0.05) is 0 Å². The van der Waals surface area contributed by atoms with Crippen LogP contribution in [0.15, 0.2) is 10.9 Å². The second-order valence-corrected chi connectivity index (χ2v) is 3.12. The fraction of sp³-hybridized carbons (Fsp3) is 0.250. The van der Waals surface area contributed by atoms with E-state index in [1.165, 1.54) is 0 Å². The Labute approximate surface area is 96.8 Å². The molecule has 0 aliphatic carbocycles. The first kappa shape index (κ1) is 13.4. The molecule has 9 heteroatoms. The number of carboxylic acid groups (broad SMARTS) is 1. The van der Waals surface area contributed by atoms with E-state index in [-0.39, 0.29) is 11.4 Å². The Morgan fingerprint density at radius 1 is 1.53 bits per heavy atom. The van der Waals surface area contributed by atoms with Gasteiger partial charge in [-0.3, -0.25) is 4.79 Å². The molecule has 0 fully saturated rings. The number of H-pyrrole nitrogens is 1. The third-order valence-electron chi connectivity index (χ3n) is 1.67. The van der Waals surface area contributed by atoms with Crippen molar-refractivity contribution < 1.29 is 27.8 Å². The Hall–Kier alpha value is -1.70. The van der Waals surface area contributed by atoms with Crippen LogP contribution in [0.25, 0.3) is 0 Å². The van der Waals surface area contributed by atoms with Gasteiger partial charge >= 0.3 is 12.3 Å². The molecule has 0 atom stereocenters. The zero-order valence-electron chi connectivity index (χ0n) is 7.97. The van der Waals surface area contributed by atoms with E-state index in [2.05, 4.69) is 4.74 Å². The van der Waals surface area contributed by atoms with Crippen LogP contribution in [0.4, 0.5) is 13.2 Å². The summed E-state index contributed by atoms with van der Waals surface area (Å²) in [7, 11) is 0. The first-order chi connectivity index (χ1) is 7.74. The van der Waals surface area contributed by atoms with E-state index in [4.69, 9.17) is 16.7 Å². The van der Waals surface area contributed by atoms with Crippen LogP contribution < -0.4 is 10.3 Å². The van der Waals surface area contributed by atoms with Crippen LogP contribution in [-0.2, 0) is 5.88 Å². The summed E-state index contributed by atoms with van der Waals surface area (Å²) in [4.78, 5) is 23.5. The van der Waals surface area contributed by atoms with Crippen molar-refractivity contribution in [3.8, 4) is 5.75 Å². The molecule has 1 heterocycles. The first-order valence-electron chi connectivity index (χ1n) is 4.06. The van der Waals surface area contributed by atoms with Crippen LogP contribution in [0.2, 0.25) is 0 Å². The van der Waals surface area contributed by atoms with Crippen LogP contribution >= 0.6 is 11.6 Å². The van der Waals surface area contributed by atoms with Crippen molar-refractivity contribution in [1.82, 2.24) is 4.98 Å². The summed E-state index contributed by atoms with van der Waals surface area (Å²) in [5.41, 5.74) is -2.05. The number of hydrogen-bond acceptors (Lipinski definition) is 3. The minimum absolute atomic E-state index is 0.182. The van der Waals surface area contributed by atoms with Gasteiger partial charge in [0.15, 0.2) is 5.75 Å². The lowest BCUT2D eigenvalue weighted by molar-refractivity contribution is -0.275. The molecule has 5 nitrogen and oxygen atoms in total. The number of aromatic amines is 1. The summed E-state index contributed by atoms with van der Waals surface area (Å²) in [6, 6.07) is 0.642. The quantitative estimate of drug-likeness (QED) is 0.820. The smallest absolute Gasteiger partial charge is 0.477 e. The number of rotatable bonds is 3. The van der Waals surface area contributed by atoms with Gasteiger partial charge in [0, 0.05) is 11.4 Å². The molecule has 0 saturated heterocycles. The molecule has 0 aromatic carbocycles. The molecule has 0 bridgehead atoms. The molecule has 0 radical (unpaired) electrons. The monoisotopic (exact) mass is 271 g/mol. The lowest BCUT2D eigenvalue weighted by Crippen LogP contribution is -2.24. The summed E-state index contributed by atoms with van der Waals surface area (Å²) >= 11 is 5.35. The SMILES string of the molecule is O=C(O)c1[nH]c(=O)c(OC(F)(F)F)cc1CCl. The van der Waals surface area contributed by atoms with E-state index in [1.807, 2.05) is 0 Å². The Balaban J connectivity index is 3.28. The highest BCUT2D eigenvalue weighted by molar-refractivity contribution is 6.17. The summed E-state index contributed by atoms with van der Waals surface area (Å²) in [5.74, 6) is -2.94. The second kappa shape index (κ2) is 4.66. The lowest BCUT2D eigenvalue weighted by Gasteiger charge is -2.09. The maximum atomic E-state index is 11.9. The molecule has 94 valence electrons. The first-order valence-corrected chi connectivity index (χ1v) is 4.59. The highest BCUT2D eigenvalue weighted by Crippen LogP contribution is 2.21. The standard InChI is InChI=1S/C8H5ClF3NO4/c9-2-3-1-4(17-8(10,11)12)6(14)13-5(3)7(15)16/h1H,2H2,(H,13,14)(H,15,16). The molecule has 1 aromatic heterocycles. The normalized spacial score (nSPS) is 11.3. The number of aromatic nitrogens is 1. The number of hydrogen-bond donors (Lipinski definition) is 2. The maximum absolute atomic E-state index is 11.9. The van der Waals surface area contributed by atoms with Crippen LogP contribution in [-0.4, -0.2) is 22.4 Å². The maximum Gasteiger partial charge on any atom is 0.573 e. The summed E-state index contributed by atoms with van der Waals surface area (Å²) < 4.78 is 39.1. The van der Waals surface area contributed by atoms with Gasteiger partial charge in [0.05, 0.1) is 0 Å². The van der Waals surface area contributed by atoms with E-state index in [0.29, 0.717) is 6.07 Å². The Bertz CT molecular complexity index is 497. The molecule has 17 heavy (non-hydrogen) atoms. The van der Waals surface area contributed by atoms with Crippen molar-refractivity contribution in [3.05, 3.63) is 27.7 Å². The van der Waals surface area contributed by atoms with Crippen molar-refractivity contribution in [2.75, 3.05) is 0 Å². The number of carboxylic acids is 1. The Morgan fingerprint density at radius 3 is 2.53 bits per heavy atom. The van der Waals surface area contributed by atoms with E-state index >= 15 is 0 Å². The summed E-state index contributed by atoms with van der Waals surface area (Å²) in [6.07, 6.45) is -5.04. The topological polar surface area (TPSA) is 79.4 Å². The molecular formula is C8H5ClF3NO4. The third-order valence-corrected chi connectivity index (χ3v) is 1.96. The van der Waals surface area contributed by atoms with E-state index in [0.717, 1.165) is 0 Å². The molecule has 1 rings (SSSR count). The van der Waals surface area contributed by atoms with Crippen molar-refractivity contribution >= 4 is 17.6 Å². The molecule has 0 unspecified atom stereocenters. The number of alkyl halides is 4. The summed E-state index contributed by atoms with van der Waals surface area (Å²) in [5, 5.41) is 8.65. The third kappa shape index (κ3) is 3.38. The van der Waals surface area contributed by atoms with Crippen LogP contribution in [0.3, 0.4) is 0 Å². The predicted molar refractivity (Wildman–Crippen MR) is 50.3 cm³/mol. The van der Waals surface area contributed by atoms with Crippen molar-refractivity contribution in [1.29, 1.82) is 0 Å². The second-order valence-electron chi connectivity index (χ2n) is 2.85. The van der Waals surface area contributed by atoms with Gasteiger partial charge in [0.2, 0.25) is 0 Å². The molecule has 0 aliphatic heterocycles. The minimum atomic E-state index is -5.04. The van der Waals surface area contributed by atoms with Gasteiger partial charge < -0.3 is 14.8 Å². The zero-order chi connectivity index (χ0) is 13.2. The fourth-order valence-electron chi connectivity index (χ4n) is 1.05. The predicted octanol–water partition coefficient (Wildman–Crippen LogP) is 1.71. The Morgan fingerprint density at radius 2 is 2.12 bits per heavy atom. The molecule has 0 spiro atoms. The molecule has 0 saturated carbocycles. The number of ether oxygens (including phenoxy) is 1. The molecule has 0 aliphatic rings. The van der Waals surface area contributed by atoms with Crippen LogP contribution in [0.1, 0.15) is 16.1 Å². The van der Waals surface area contributed by atoms with Crippen LogP contribution in [0, 0.1) is 0 Å². The van der Waals surface area contributed by atoms with Gasteiger partial charge in [0.1, 0.15) is 5.69 Å².